The van der Waals surface area contributed by atoms with E-state index in [2.05, 4.69) is 22.6 Å². The average Bonchev–Trinajstić information content (AvgIpc) is 2.96. The Morgan fingerprint density at radius 3 is 2.40 bits per heavy atom. The lowest BCUT2D eigenvalue weighted by molar-refractivity contribution is -0.129. The average molecular weight is 447 g/mol. The Bertz CT molecular complexity index is 896. The molecule has 0 saturated carbocycles. The van der Waals surface area contributed by atoms with Crippen LogP contribution in [0.3, 0.4) is 0 Å². The number of ketones is 2. The summed E-state index contributed by atoms with van der Waals surface area (Å²) in [5, 5.41) is 0. The van der Waals surface area contributed by atoms with Gasteiger partial charge >= 0.3 is 0 Å². The van der Waals surface area contributed by atoms with Crippen LogP contribution in [0.2, 0.25) is 0 Å². The van der Waals surface area contributed by atoms with Crippen molar-refractivity contribution >= 4 is 45.6 Å². The predicted molar refractivity (Wildman–Crippen MR) is 103 cm³/mol. The molecule has 3 aliphatic rings. The summed E-state index contributed by atoms with van der Waals surface area (Å²) < 4.78 is 0.643. The zero-order valence-electron chi connectivity index (χ0n) is 14.3. The predicted octanol–water partition coefficient (Wildman–Crippen LogP) is 3.09. The van der Waals surface area contributed by atoms with Gasteiger partial charge in [-0.25, -0.2) is 0 Å². The third-order valence-corrected chi connectivity index (χ3v) is 6.71. The summed E-state index contributed by atoms with van der Waals surface area (Å²) in [5.41, 5.74) is 2.75. The van der Waals surface area contributed by atoms with Crippen molar-refractivity contribution in [3.63, 3.8) is 0 Å². The molecule has 1 aromatic rings. The van der Waals surface area contributed by atoms with Gasteiger partial charge in [-0.15, -0.1) is 0 Å². The van der Waals surface area contributed by atoms with Crippen LogP contribution in [0.1, 0.15) is 25.0 Å². The van der Waals surface area contributed by atoms with E-state index in [4.69, 9.17) is 0 Å². The van der Waals surface area contributed by atoms with Crippen LogP contribution in [0.25, 0.3) is 5.57 Å². The molecule has 25 heavy (non-hydrogen) atoms. The van der Waals surface area contributed by atoms with Gasteiger partial charge < -0.3 is 4.90 Å². The SMILES string of the molecule is CC1=C[C@]23C(c4ccc(C)cc4)=C(I)C(=O)N2CC(=O)[C@@H]3[C@@H](C)C1=O. The van der Waals surface area contributed by atoms with E-state index in [0.717, 1.165) is 16.7 Å². The number of nitrogens with zero attached hydrogens (tertiary/aromatic N) is 1. The van der Waals surface area contributed by atoms with Crippen LogP contribution in [0.5, 0.6) is 0 Å². The summed E-state index contributed by atoms with van der Waals surface area (Å²) in [5.74, 6) is -1.05. The number of hydrogen-bond acceptors (Lipinski definition) is 3. The highest BCUT2D eigenvalue weighted by Crippen LogP contribution is 2.56. The smallest absolute Gasteiger partial charge is 0.261 e. The maximum absolute atomic E-state index is 12.9. The number of halogens is 1. The maximum atomic E-state index is 12.9. The largest absolute Gasteiger partial charge is 0.317 e. The number of allylic oxidation sites excluding steroid dienone is 1. The fourth-order valence-electron chi connectivity index (χ4n) is 4.62. The first-order valence-electron chi connectivity index (χ1n) is 8.34. The second-order valence-corrected chi connectivity index (χ2v) is 8.27. The molecular weight excluding hydrogens is 429 g/mol. The van der Waals surface area contributed by atoms with Gasteiger partial charge in [-0.3, -0.25) is 14.4 Å². The Labute approximate surface area is 160 Å². The highest BCUT2D eigenvalue weighted by atomic mass is 127. The van der Waals surface area contributed by atoms with Crippen molar-refractivity contribution in [2.45, 2.75) is 26.3 Å². The van der Waals surface area contributed by atoms with Crippen LogP contribution < -0.4 is 0 Å². The molecule has 1 fully saturated rings. The zero-order chi connectivity index (χ0) is 18.1. The highest BCUT2D eigenvalue weighted by molar-refractivity contribution is 14.1. The van der Waals surface area contributed by atoms with E-state index in [1.807, 2.05) is 44.2 Å². The van der Waals surface area contributed by atoms with Gasteiger partial charge in [0.15, 0.2) is 11.6 Å². The molecule has 128 valence electrons. The molecule has 1 saturated heterocycles. The Balaban J connectivity index is 2.03. The van der Waals surface area contributed by atoms with Gasteiger partial charge in [0.05, 0.1) is 16.0 Å². The zero-order valence-corrected chi connectivity index (χ0v) is 16.5. The Morgan fingerprint density at radius 1 is 1.12 bits per heavy atom. The van der Waals surface area contributed by atoms with Crippen LogP contribution in [-0.2, 0) is 14.4 Å². The van der Waals surface area contributed by atoms with Gasteiger partial charge in [-0.05, 0) is 53.7 Å². The molecule has 0 aromatic heterocycles. The summed E-state index contributed by atoms with van der Waals surface area (Å²) in [6.45, 7) is 5.69. The topological polar surface area (TPSA) is 54.5 Å². The number of benzene rings is 1. The molecule has 4 rings (SSSR count). The number of Topliss-reactive ketones (excluding diaryl/α,β-unsaturated/α-hetero) is 2. The van der Waals surface area contributed by atoms with Crippen LogP contribution in [0, 0.1) is 18.8 Å². The number of hydrogen-bond donors (Lipinski definition) is 0. The van der Waals surface area contributed by atoms with E-state index in [1.165, 1.54) is 0 Å². The first-order chi connectivity index (χ1) is 11.8. The third kappa shape index (κ3) is 2.02. The van der Waals surface area contributed by atoms with E-state index < -0.39 is 17.4 Å². The fourth-order valence-corrected chi connectivity index (χ4v) is 5.65. The first-order valence-corrected chi connectivity index (χ1v) is 9.42. The van der Waals surface area contributed by atoms with Crippen LogP contribution in [0.4, 0.5) is 0 Å². The molecule has 1 aromatic carbocycles. The summed E-state index contributed by atoms with van der Waals surface area (Å²) in [7, 11) is 0. The normalized spacial score (nSPS) is 31.4. The molecule has 2 aliphatic heterocycles. The minimum Gasteiger partial charge on any atom is -0.317 e. The number of carbonyl (C=O) groups excluding carboxylic acids is 3. The second-order valence-electron chi connectivity index (χ2n) is 7.20. The van der Waals surface area contributed by atoms with Crippen LogP contribution >= 0.6 is 22.6 Å². The van der Waals surface area contributed by atoms with Crippen molar-refractivity contribution in [3.05, 3.63) is 50.6 Å². The maximum Gasteiger partial charge on any atom is 0.261 e. The monoisotopic (exact) mass is 447 g/mol. The number of carbonyl (C=O) groups is 3. The molecule has 0 N–H and O–H groups in total. The lowest BCUT2D eigenvalue weighted by Crippen LogP contribution is -2.51. The van der Waals surface area contributed by atoms with Gasteiger partial charge in [-0.2, -0.15) is 0 Å². The highest BCUT2D eigenvalue weighted by Gasteiger charge is 2.65. The Hall–Kier alpha value is -1.76. The third-order valence-electron chi connectivity index (χ3n) is 5.71. The van der Waals surface area contributed by atoms with E-state index in [9.17, 15) is 14.4 Å². The summed E-state index contributed by atoms with van der Waals surface area (Å²) >= 11 is 2.09. The van der Waals surface area contributed by atoms with Gasteiger partial charge in [0.1, 0.15) is 5.54 Å². The molecule has 4 nitrogen and oxygen atoms in total. The second kappa shape index (κ2) is 5.37. The van der Waals surface area contributed by atoms with Crippen LogP contribution in [0.15, 0.2) is 39.5 Å². The molecule has 3 atom stereocenters. The lowest BCUT2D eigenvalue weighted by atomic mass is 9.65. The fraction of sp³-hybridized carbons (Fsp3) is 0.350. The molecule has 2 heterocycles. The van der Waals surface area contributed by atoms with Crippen molar-refractivity contribution < 1.29 is 14.4 Å². The Kier molecular flexibility index (Phi) is 3.58. The number of rotatable bonds is 1. The summed E-state index contributed by atoms with van der Waals surface area (Å²) in [6, 6.07) is 8.02. The quantitative estimate of drug-likeness (QED) is 0.622. The van der Waals surface area contributed by atoms with E-state index in [1.54, 1.807) is 11.8 Å². The van der Waals surface area contributed by atoms with Gasteiger partial charge in [-0.1, -0.05) is 36.8 Å². The lowest BCUT2D eigenvalue weighted by Gasteiger charge is -2.41. The van der Waals surface area contributed by atoms with Crippen molar-refractivity contribution in [1.82, 2.24) is 4.90 Å². The standard InChI is InChI=1S/C20H18INO3/c1-10-4-6-13(7-5-10)16-17(21)19(25)22-9-14(23)15-12(3)18(24)11(2)8-20(15,16)22/h4-8,12,15H,9H2,1-3H3/t12-,15+,20+/m1/s1. The molecule has 0 radical (unpaired) electrons. The van der Waals surface area contributed by atoms with E-state index in [0.29, 0.717) is 9.15 Å². The molecule has 0 unspecified atom stereocenters. The van der Waals surface area contributed by atoms with Crippen LogP contribution in [-0.4, -0.2) is 34.5 Å². The van der Waals surface area contributed by atoms with Crippen molar-refractivity contribution in [2.75, 3.05) is 6.54 Å². The molecule has 5 heteroatoms. The van der Waals surface area contributed by atoms with Crippen molar-refractivity contribution in [3.8, 4) is 0 Å². The first kappa shape index (κ1) is 16.7. The van der Waals surface area contributed by atoms with E-state index in [-0.39, 0.29) is 24.0 Å². The number of aryl methyl sites for hydroxylation is 1. The van der Waals surface area contributed by atoms with E-state index >= 15 is 0 Å². The molecule has 1 spiro atoms. The molecule has 1 amide bonds. The molecular formula is C20H18INO3. The van der Waals surface area contributed by atoms with Gasteiger partial charge in [0.2, 0.25) is 0 Å². The molecule has 0 bridgehead atoms. The van der Waals surface area contributed by atoms with Crippen molar-refractivity contribution in [2.24, 2.45) is 11.8 Å². The minimum atomic E-state index is -0.822. The van der Waals surface area contributed by atoms with Gasteiger partial charge in [0, 0.05) is 11.5 Å². The summed E-state index contributed by atoms with van der Waals surface area (Å²) in [4.78, 5) is 39.9. The number of amides is 1. The molecule has 1 aliphatic carbocycles. The Morgan fingerprint density at radius 2 is 1.76 bits per heavy atom. The van der Waals surface area contributed by atoms with Crippen molar-refractivity contribution in [1.29, 1.82) is 0 Å². The summed E-state index contributed by atoms with van der Waals surface area (Å²) in [6.07, 6.45) is 1.86. The van der Waals surface area contributed by atoms with Gasteiger partial charge in [0.25, 0.3) is 5.91 Å². The minimum absolute atomic E-state index is 0.00318.